The lowest BCUT2D eigenvalue weighted by Gasteiger charge is -2.21. The van der Waals surface area contributed by atoms with Crippen LogP contribution in [-0.4, -0.2) is 19.1 Å². The van der Waals surface area contributed by atoms with Crippen molar-refractivity contribution in [1.82, 2.24) is 4.98 Å². The summed E-state index contributed by atoms with van der Waals surface area (Å²) in [6, 6.07) is 8.65. The number of hydrogen-bond donors (Lipinski definition) is 1. The van der Waals surface area contributed by atoms with Crippen molar-refractivity contribution < 1.29 is 9.13 Å². The summed E-state index contributed by atoms with van der Waals surface area (Å²) in [6.45, 7) is 2.43. The number of nitrogens with zero attached hydrogens (tertiary/aromatic N) is 2. The van der Waals surface area contributed by atoms with Gasteiger partial charge in [-0.2, -0.15) is 0 Å². The molecule has 0 spiro atoms. The van der Waals surface area contributed by atoms with Gasteiger partial charge in [0, 0.05) is 24.9 Å². The second kappa shape index (κ2) is 5.77. The molecule has 0 fully saturated rings. The first-order valence-electron chi connectivity index (χ1n) is 6.28. The third-order valence-electron chi connectivity index (χ3n) is 3.06. The van der Waals surface area contributed by atoms with Crippen LogP contribution < -0.4 is 15.4 Å². The zero-order chi connectivity index (χ0) is 14.7. The van der Waals surface area contributed by atoms with Crippen LogP contribution in [0.25, 0.3) is 0 Å². The van der Waals surface area contributed by atoms with Crippen LogP contribution in [0.4, 0.5) is 15.8 Å². The Morgan fingerprint density at radius 2 is 2.10 bits per heavy atom. The first-order valence-corrected chi connectivity index (χ1v) is 6.28. The molecule has 0 saturated heterocycles. The van der Waals surface area contributed by atoms with Crippen molar-refractivity contribution >= 4 is 11.4 Å². The molecular weight excluding hydrogens is 257 g/mol. The summed E-state index contributed by atoms with van der Waals surface area (Å²) in [6.07, 6.45) is 0. The molecule has 0 aliphatic heterocycles. The maximum Gasteiger partial charge on any atom is 0.148 e. The highest BCUT2D eigenvalue weighted by molar-refractivity contribution is 5.63. The van der Waals surface area contributed by atoms with Crippen LogP contribution >= 0.6 is 0 Å². The number of nitrogen functional groups attached to an aromatic ring is 1. The van der Waals surface area contributed by atoms with Crippen molar-refractivity contribution in [2.45, 2.75) is 13.5 Å². The zero-order valence-electron chi connectivity index (χ0n) is 11.9. The maximum absolute atomic E-state index is 14.0. The number of aromatic nitrogens is 1. The van der Waals surface area contributed by atoms with Gasteiger partial charge in [-0.1, -0.05) is 6.07 Å². The third-order valence-corrected chi connectivity index (χ3v) is 3.06. The number of methoxy groups -OCH3 is 1. The van der Waals surface area contributed by atoms with Gasteiger partial charge in [-0.15, -0.1) is 0 Å². The molecule has 0 aliphatic carbocycles. The van der Waals surface area contributed by atoms with E-state index in [1.165, 1.54) is 13.2 Å². The van der Waals surface area contributed by atoms with Crippen molar-refractivity contribution in [3.8, 4) is 5.75 Å². The predicted octanol–water partition coefficient (Wildman–Crippen LogP) is 2.76. The average Bonchev–Trinajstić information content (AvgIpc) is 2.38. The fraction of sp³-hybridized carbons (Fsp3) is 0.267. The zero-order valence-corrected chi connectivity index (χ0v) is 11.9. The summed E-state index contributed by atoms with van der Waals surface area (Å²) in [7, 11) is 3.31. The highest BCUT2D eigenvalue weighted by Gasteiger charge is 2.13. The molecule has 5 heteroatoms. The number of pyridine rings is 1. The standard InChI is InChI=1S/C15H18FN3O/c1-10-5-4-6-11(18-10)9-19(2)14-8-15(20-3)13(17)7-12(14)16/h4-8H,9,17H2,1-3H3. The molecular formula is C15H18FN3O. The first-order chi connectivity index (χ1) is 9.51. The molecule has 0 atom stereocenters. The Morgan fingerprint density at radius 1 is 1.35 bits per heavy atom. The predicted molar refractivity (Wildman–Crippen MR) is 78.4 cm³/mol. The lowest BCUT2D eigenvalue weighted by Crippen LogP contribution is -2.19. The van der Waals surface area contributed by atoms with Crippen LogP contribution in [0, 0.1) is 12.7 Å². The minimum atomic E-state index is -0.376. The minimum Gasteiger partial charge on any atom is -0.495 e. The minimum absolute atomic E-state index is 0.288. The van der Waals surface area contributed by atoms with Gasteiger partial charge in [0.25, 0.3) is 0 Å². The van der Waals surface area contributed by atoms with Gasteiger partial charge in [0.15, 0.2) is 0 Å². The number of hydrogen-bond acceptors (Lipinski definition) is 4. The molecule has 1 aromatic carbocycles. The Hall–Kier alpha value is -2.30. The van der Waals surface area contributed by atoms with Crippen molar-refractivity contribution in [1.29, 1.82) is 0 Å². The normalized spacial score (nSPS) is 10.4. The Labute approximate surface area is 118 Å². The Kier molecular flexibility index (Phi) is 4.08. The number of ether oxygens (including phenoxy) is 1. The first kappa shape index (κ1) is 14.1. The summed E-state index contributed by atoms with van der Waals surface area (Å²) in [5.41, 5.74) is 8.21. The van der Waals surface area contributed by atoms with Crippen molar-refractivity contribution in [2.75, 3.05) is 24.8 Å². The topological polar surface area (TPSA) is 51.4 Å². The van der Waals surface area contributed by atoms with Gasteiger partial charge in [0.05, 0.1) is 30.7 Å². The van der Waals surface area contributed by atoms with Crippen LogP contribution in [0.1, 0.15) is 11.4 Å². The Bertz CT molecular complexity index is 616. The molecule has 1 aromatic heterocycles. The largest absolute Gasteiger partial charge is 0.495 e. The van der Waals surface area contributed by atoms with Gasteiger partial charge in [-0.25, -0.2) is 4.39 Å². The van der Waals surface area contributed by atoms with Crippen LogP contribution in [0.15, 0.2) is 30.3 Å². The van der Waals surface area contributed by atoms with E-state index in [0.29, 0.717) is 18.0 Å². The molecule has 20 heavy (non-hydrogen) atoms. The summed E-state index contributed by atoms with van der Waals surface area (Å²) in [4.78, 5) is 6.19. The van der Waals surface area contributed by atoms with E-state index >= 15 is 0 Å². The molecule has 0 saturated carbocycles. The SMILES string of the molecule is COc1cc(N(C)Cc2cccc(C)n2)c(F)cc1N. The molecule has 1 heterocycles. The monoisotopic (exact) mass is 275 g/mol. The van der Waals surface area contributed by atoms with Crippen LogP contribution in [0.3, 0.4) is 0 Å². The lowest BCUT2D eigenvalue weighted by molar-refractivity contribution is 0.416. The maximum atomic E-state index is 14.0. The molecule has 0 amide bonds. The quantitative estimate of drug-likeness (QED) is 0.872. The van der Waals surface area contributed by atoms with E-state index in [1.807, 2.05) is 25.1 Å². The summed E-state index contributed by atoms with van der Waals surface area (Å²) in [5, 5.41) is 0. The molecule has 0 aliphatic rings. The average molecular weight is 275 g/mol. The Morgan fingerprint density at radius 3 is 2.75 bits per heavy atom. The number of nitrogens with two attached hydrogens (primary N) is 1. The molecule has 2 aromatic rings. The van der Waals surface area contributed by atoms with Gasteiger partial charge in [-0.3, -0.25) is 4.98 Å². The van der Waals surface area contributed by atoms with Crippen molar-refractivity contribution in [3.63, 3.8) is 0 Å². The number of halogens is 1. The number of benzene rings is 1. The second-order valence-corrected chi connectivity index (χ2v) is 4.67. The molecule has 0 bridgehead atoms. The summed E-state index contributed by atoms with van der Waals surface area (Å²) >= 11 is 0. The second-order valence-electron chi connectivity index (χ2n) is 4.67. The van der Waals surface area contributed by atoms with E-state index in [0.717, 1.165) is 11.4 Å². The van der Waals surface area contributed by atoms with E-state index in [9.17, 15) is 4.39 Å². The summed E-state index contributed by atoms with van der Waals surface area (Å²) < 4.78 is 19.1. The van der Waals surface area contributed by atoms with Gasteiger partial charge < -0.3 is 15.4 Å². The van der Waals surface area contributed by atoms with Gasteiger partial charge >= 0.3 is 0 Å². The fourth-order valence-corrected chi connectivity index (χ4v) is 2.04. The number of rotatable bonds is 4. The van der Waals surface area contributed by atoms with E-state index < -0.39 is 0 Å². The highest BCUT2D eigenvalue weighted by atomic mass is 19.1. The molecule has 2 N–H and O–H groups in total. The molecule has 106 valence electrons. The molecule has 0 unspecified atom stereocenters. The van der Waals surface area contributed by atoms with Crippen molar-refractivity contribution in [2.24, 2.45) is 0 Å². The van der Waals surface area contributed by atoms with E-state index in [-0.39, 0.29) is 11.5 Å². The van der Waals surface area contributed by atoms with Gasteiger partial charge in [-0.05, 0) is 19.1 Å². The smallest absolute Gasteiger partial charge is 0.148 e. The van der Waals surface area contributed by atoms with E-state index in [2.05, 4.69) is 4.98 Å². The fourth-order valence-electron chi connectivity index (χ4n) is 2.04. The van der Waals surface area contributed by atoms with Crippen molar-refractivity contribution in [3.05, 3.63) is 47.5 Å². The molecule has 4 nitrogen and oxygen atoms in total. The highest BCUT2D eigenvalue weighted by Crippen LogP contribution is 2.30. The summed E-state index contributed by atoms with van der Waals surface area (Å²) in [5.74, 6) is 0.0869. The van der Waals surface area contributed by atoms with Crippen LogP contribution in [0.2, 0.25) is 0 Å². The number of aryl methyl sites for hydroxylation is 1. The van der Waals surface area contributed by atoms with E-state index in [4.69, 9.17) is 10.5 Å². The van der Waals surface area contributed by atoms with Gasteiger partial charge in [0.1, 0.15) is 11.6 Å². The molecule has 0 radical (unpaired) electrons. The lowest BCUT2D eigenvalue weighted by atomic mass is 10.2. The Balaban J connectivity index is 2.27. The van der Waals surface area contributed by atoms with E-state index in [1.54, 1.807) is 18.0 Å². The van der Waals surface area contributed by atoms with Crippen LogP contribution in [0.5, 0.6) is 5.75 Å². The number of anilines is 2. The third kappa shape index (κ3) is 2.99. The van der Waals surface area contributed by atoms with Crippen LogP contribution in [-0.2, 0) is 6.54 Å². The molecule has 2 rings (SSSR count). The van der Waals surface area contributed by atoms with Gasteiger partial charge in [0.2, 0.25) is 0 Å².